The Morgan fingerprint density at radius 1 is 0.771 bits per heavy atom. The molecule has 170 valence electrons. The van der Waals surface area contributed by atoms with Gasteiger partial charge < -0.3 is 17.4 Å². The molecule has 0 radical (unpaired) electrons. The number of para-hydroxylation sites is 2. The molecule has 0 atom stereocenters. The molecule has 0 spiro atoms. The molecule has 3 heterocycles. The first-order valence-corrected chi connectivity index (χ1v) is 12.3. The van der Waals surface area contributed by atoms with Gasteiger partial charge in [-0.15, -0.1) is 0 Å². The first-order valence-electron chi connectivity index (χ1n) is 11.1. The van der Waals surface area contributed by atoms with E-state index in [2.05, 4.69) is 121 Å². The number of fused-ring (bicyclic) bond motifs is 8. The van der Waals surface area contributed by atoms with Gasteiger partial charge in [0.05, 0.1) is 5.52 Å². The summed E-state index contributed by atoms with van der Waals surface area (Å²) in [5.41, 5.74) is 7.86. The lowest BCUT2D eigenvalue weighted by Crippen LogP contribution is -3.00. The fourth-order valence-electron chi connectivity index (χ4n) is 5.06. The molecule has 0 amide bonds. The van der Waals surface area contributed by atoms with Gasteiger partial charge in [0.1, 0.15) is 11.2 Å². The van der Waals surface area contributed by atoms with Gasteiger partial charge in [-0.2, -0.15) is 8.97 Å². The summed E-state index contributed by atoms with van der Waals surface area (Å²) < 4.78 is 5.62. The first kappa shape index (κ1) is 22.2. The van der Waals surface area contributed by atoms with Gasteiger partial charge in [-0.1, -0.05) is 57.9 Å². The zero-order valence-electron chi connectivity index (χ0n) is 18.3. The van der Waals surface area contributed by atoms with E-state index in [0.717, 1.165) is 43.0 Å². The maximum absolute atomic E-state index is 6.27. The van der Waals surface area contributed by atoms with E-state index in [4.69, 9.17) is 11.6 Å². The van der Waals surface area contributed by atoms with Gasteiger partial charge >= 0.3 is 0 Å². The SMILES string of the molecule is Clc1ccc(-c2c3c4[nH]c5ccccc5c4c4ccccc4[n+]3cn2-c2ccc(Br)cc2)cc1.[Cl-]. The van der Waals surface area contributed by atoms with E-state index in [1.807, 2.05) is 12.1 Å². The number of nitrogens with zero attached hydrogens (tertiary/aromatic N) is 2. The maximum atomic E-state index is 6.27. The first-order chi connectivity index (χ1) is 16.7. The molecule has 7 aromatic rings. The third kappa shape index (κ3) is 3.36. The molecule has 0 bridgehead atoms. The minimum Gasteiger partial charge on any atom is -1.00 e. The second-order valence-electron chi connectivity index (χ2n) is 8.47. The molecule has 35 heavy (non-hydrogen) atoms. The minimum atomic E-state index is 0. The highest BCUT2D eigenvalue weighted by Gasteiger charge is 2.27. The number of H-pyrrole nitrogens is 1. The summed E-state index contributed by atoms with van der Waals surface area (Å²) in [5.74, 6) is 0. The van der Waals surface area contributed by atoms with Gasteiger partial charge in [-0.05, 0) is 66.7 Å². The Labute approximate surface area is 221 Å². The molecule has 0 aliphatic heterocycles. The van der Waals surface area contributed by atoms with Crippen molar-refractivity contribution in [2.24, 2.45) is 0 Å². The Bertz CT molecular complexity index is 1870. The Kier molecular flexibility index (Phi) is 5.33. The summed E-state index contributed by atoms with van der Waals surface area (Å²) in [4.78, 5) is 3.74. The zero-order chi connectivity index (χ0) is 22.8. The Morgan fingerprint density at radius 2 is 1.46 bits per heavy atom. The Balaban J connectivity index is 0.00000229. The molecule has 3 aromatic heterocycles. The van der Waals surface area contributed by atoms with Crippen molar-refractivity contribution in [2.75, 3.05) is 0 Å². The number of imidazole rings is 1. The number of halogens is 3. The average molecular weight is 559 g/mol. The van der Waals surface area contributed by atoms with Crippen molar-refractivity contribution in [1.29, 1.82) is 0 Å². The highest BCUT2D eigenvalue weighted by molar-refractivity contribution is 9.10. The Morgan fingerprint density at radius 3 is 2.23 bits per heavy atom. The van der Waals surface area contributed by atoms with Crippen molar-refractivity contribution in [3.8, 4) is 16.9 Å². The molecule has 0 unspecified atom stereocenters. The van der Waals surface area contributed by atoms with Gasteiger partial charge in [-0.3, -0.25) is 0 Å². The molecule has 0 saturated heterocycles. The van der Waals surface area contributed by atoms with Crippen molar-refractivity contribution in [3.63, 3.8) is 0 Å². The third-order valence-corrected chi connectivity index (χ3v) is 7.32. The van der Waals surface area contributed by atoms with Crippen LogP contribution in [0.3, 0.4) is 0 Å². The quantitative estimate of drug-likeness (QED) is 0.286. The normalized spacial score (nSPS) is 11.5. The highest BCUT2D eigenvalue weighted by atomic mass is 79.9. The summed E-state index contributed by atoms with van der Waals surface area (Å²) in [6.07, 6.45) is 2.19. The molecule has 0 fully saturated rings. The second kappa shape index (κ2) is 8.42. The molecule has 3 nitrogen and oxygen atoms in total. The topological polar surface area (TPSA) is 24.8 Å². The number of hydrogen-bond donors (Lipinski definition) is 1. The molecular weight excluding hydrogens is 541 g/mol. The number of aromatic amines is 1. The predicted octanol–water partition coefficient (Wildman–Crippen LogP) is 5.09. The Hall–Kier alpha value is -3.31. The van der Waals surface area contributed by atoms with Crippen molar-refractivity contribution in [1.82, 2.24) is 9.55 Å². The highest BCUT2D eigenvalue weighted by Crippen LogP contribution is 2.38. The van der Waals surface area contributed by atoms with Crippen molar-refractivity contribution in [2.45, 2.75) is 0 Å². The zero-order valence-corrected chi connectivity index (χ0v) is 21.4. The van der Waals surface area contributed by atoms with Crippen LogP contribution < -0.4 is 16.8 Å². The van der Waals surface area contributed by atoms with Crippen LogP contribution in [0, 0.1) is 0 Å². The molecule has 7 rings (SSSR count). The average Bonchev–Trinajstić information content (AvgIpc) is 3.45. The molecule has 1 N–H and O–H groups in total. The van der Waals surface area contributed by atoms with Crippen LogP contribution in [0.1, 0.15) is 0 Å². The second-order valence-corrected chi connectivity index (χ2v) is 9.83. The van der Waals surface area contributed by atoms with Crippen LogP contribution in [0.15, 0.2) is 108 Å². The van der Waals surface area contributed by atoms with Crippen molar-refractivity contribution in [3.05, 3.63) is 113 Å². The lowest BCUT2D eigenvalue weighted by atomic mass is 10.0. The van der Waals surface area contributed by atoms with Crippen LogP contribution in [-0.2, 0) is 0 Å². The summed E-state index contributed by atoms with van der Waals surface area (Å²) in [6.45, 7) is 0. The van der Waals surface area contributed by atoms with E-state index in [9.17, 15) is 0 Å². The number of benzene rings is 4. The van der Waals surface area contributed by atoms with Crippen LogP contribution in [0.5, 0.6) is 0 Å². The smallest absolute Gasteiger partial charge is 0.255 e. The van der Waals surface area contributed by atoms with E-state index in [0.29, 0.717) is 0 Å². The number of aromatic nitrogens is 3. The van der Waals surface area contributed by atoms with E-state index in [1.165, 1.54) is 21.7 Å². The van der Waals surface area contributed by atoms with E-state index in [-0.39, 0.29) is 12.4 Å². The number of nitrogens with one attached hydrogen (secondary N) is 1. The molecule has 0 saturated carbocycles. The lowest BCUT2D eigenvalue weighted by molar-refractivity contribution is -0.480. The number of pyridine rings is 1. The van der Waals surface area contributed by atoms with E-state index >= 15 is 0 Å². The van der Waals surface area contributed by atoms with Gasteiger partial charge in [-0.25, -0.2) is 0 Å². The van der Waals surface area contributed by atoms with Gasteiger partial charge in [0.15, 0.2) is 5.69 Å². The summed E-state index contributed by atoms with van der Waals surface area (Å²) in [5, 5.41) is 4.43. The standard InChI is InChI=1S/C29H18BrClN3.ClH/c30-19-11-15-21(16-12-19)33-17-34-25-8-4-2-6-23(25)26-22-5-1-3-7-24(22)32-27(26)29(34)28(33)18-9-13-20(31)14-10-18;/h1-17,32H;1H/q+1;/p-1. The van der Waals surface area contributed by atoms with Gasteiger partial charge in [0.2, 0.25) is 5.52 Å². The van der Waals surface area contributed by atoms with Crippen LogP contribution in [0.4, 0.5) is 0 Å². The predicted molar refractivity (Wildman–Crippen MR) is 144 cm³/mol. The van der Waals surface area contributed by atoms with Gasteiger partial charge in [0, 0.05) is 36.7 Å². The van der Waals surface area contributed by atoms with Crippen molar-refractivity contribution < 1.29 is 16.8 Å². The molecule has 4 aromatic carbocycles. The molecule has 0 aliphatic rings. The van der Waals surface area contributed by atoms with Crippen LogP contribution in [0.2, 0.25) is 5.02 Å². The minimum absolute atomic E-state index is 0. The largest absolute Gasteiger partial charge is 1.00 e. The van der Waals surface area contributed by atoms with Crippen LogP contribution in [-0.4, -0.2) is 9.55 Å². The summed E-state index contributed by atoms with van der Waals surface area (Å²) in [7, 11) is 0. The van der Waals surface area contributed by atoms with Crippen LogP contribution >= 0.6 is 27.5 Å². The van der Waals surface area contributed by atoms with E-state index < -0.39 is 0 Å². The lowest BCUT2D eigenvalue weighted by Gasteiger charge is -2.04. The molecular formula is C29H18BrCl2N3. The fourth-order valence-corrected chi connectivity index (χ4v) is 5.45. The fraction of sp³-hybridized carbons (Fsp3) is 0. The molecule has 6 heteroatoms. The number of hydrogen-bond acceptors (Lipinski definition) is 0. The maximum Gasteiger partial charge on any atom is 0.255 e. The van der Waals surface area contributed by atoms with Crippen LogP contribution in [0.25, 0.3) is 55.2 Å². The summed E-state index contributed by atoms with van der Waals surface area (Å²) >= 11 is 9.84. The van der Waals surface area contributed by atoms with Crippen molar-refractivity contribution >= 4 is 65.8 Å². The van der Waals surface area contributed by atoms with Gasteiger partial charge in [0.25, 0.3) is 6.33 Å². The third-order valence-electron chi connectivity index (χ3n) is 6.54. The van der Waals surface area contributed by atoms with E-state index in [1.54, 1.807) is 0 Å². The number of rotatable bonds is 2. The molecule has 0 aliphatic carbocycles. The summed E-state index contributed by atoms with van der Waals surface area (Å²) in [6, 6.07) is 33.7. The monoisotopic (exact) mass is 557 g/mol.